The Bertz CT molecular complexity index is 393. The third-order valence-corrected chi connectivity index (χ3v) is 4.20. The molecule has 2 rings (SSSR count). The van der Waals surface area contributed by atoms with Gasteiger partial charge in [-0.1, -0.05) is 25.4 Å². The topological polar surface area (TPSA) is 54.2 Å². The molecule has 2 unspecified atom stereocenters. The lowest BCUT2D eigenvalue weighted by Gasteiger charge is -2.17. The van der Waals surface area contributed by atoms with Gasteiger partial charge in [0.1, 0.15) is 0 Å². The normalized spacial score (nSPS) is 21.8. The van der Waals surface area contributed by atoms with Crippen LogP contribution in [-0.2, 0) is 0 Å². The second kappa shape index (κ2) is 7.62. The number of nitrogens with one attached hydrogen (secondary N) is 1. The van der Waals surface area contributed by atoms with E-state index in [0.29, 0.717) is 11.9 Å². The number of hydrogen-bond donors (Lipinski definition) is 1. The molecule has 2 heterocycles. The highest BCUT2D eigenvalue weighted by molar-refractivity contribution is 5.24. The third kappa shape index (κ3) is 3.95. The van der Waals surface area contributed by atoms with Crippen LogP contribution in [0, 0.1) is 5.92 Å². The van der Waals surface area contributed by atoms with E-state index in [2.05, 4.69) is 41.2 Å². The molecule has 1 aliphatic heterocycles. The van der Waals surface area contributed by atoms with Crippen molar-refractivity contribution in [3.8, 4) is 0 Å². The van der Waals surface area contributed by atoms with E-state index in [1.807, 2.05) is 0 Å². The molecule has 114 valence electrons. The van der Waals surface area contributed by atoms with Gasteiger partial charge in [0, 0.05) is 13.1 Å². The van der Waals surface area contributed by atoms with Gasteiger partial charge >= 0.3 is 6.01 Å². The maximum atomic E-state index is 5.85. The summed E-state index contributed by atoms with van der Waals surface area (Å²) in [6, 6.07) is 0.827. The minimum Gasteiger partial charge on any atom is -0.406 e. The van der Waals surface area contributed by atoms with Crippen LogP contribution in [-0.4, -0.2) is 29.8 Å². The first kappa shape index (κ1) is 15.3. The predicted molar refractivity (Wildman–Crippen MR) is 80.9 cm³/mol. The summed E-state index contributed by atoms with van der Waals surface area (Å²) < 4.78 is 5.85. The monoisotopic (exact) mass is 280 g/mol. The van der Waals surface area contributed by atoms with Crippen molar-refractivity contribution in [2.75, 3.05) is 24.5 Å². The number of hydrogen-bond acceptors (Lipinski definition) is 5. The Kier molecular flexibility index (Phi) is 5.83. The molecular weight excluding hydrogens is 252 g/mol. The van der Waals surface area contributed by atoms with Gasteiger partial charge in [-0.2, -0.15) is 0 Å². The van der Waals surface area contributed by atoms with Crippen LogP contribution in [0.25, 0.3) is 0 Å². The molecule has 1 aliphatic rings. The first-order valence-corrected chi connectivity index (χ1v) is 8.06. The Morgan fingerprint density at radius 1 is 1.30 bits per heavy atom. The summed E-state index contributed by atoms with van der Waals surface area (Å²) >= 11 is 0. The minimum atomic E-state index is 0.131. The van der Waals surface area contributed by atoms with Crippen molar-refractivity contribution in [3.63, 3.8) is 0 Å². The largest absolute Gasteiger partial charge is 0.406 e. The molecule has 1 N–H and O–H groups in total. The van der Waals surface area contributed by atoms with Crippen molar-refractivity contribution in [3.05, 3.63) is 5.89 Å². The Balaban J connectivity index is 1.94. The van der Waals surface area contributed by atoms with Gasteiger partial charge in [-0.05, 0) is 45.1 Å². The maximum absolute atomic E-state index is 5.85. The molecule has 1 saturated heterocycles. The van der Waals surface area contributed by atoms with Crippen molar-refractivity contribution < 1.29 is 4.42 Å². The van der Waals surface area contributed by atoms with Crippen molar-refractivity contribution in [1.82, 2.24) is 15.5 Å². The van der Waals surface area contributed by atoms with Crippen LogP contribution < -0.4 is 10.2 Å². The molecule has 0 saturated carbocycles. The summed E-state index contributed by atoms with van der Waals surface area (Å²) in [7, 11) is 0. The highest BCUT2D eigenvalue weighted by Gasteiger charge is 2.21. The summed E-state index contributed by atoms with van der Waals surface area (Å²) in [5.74, 6) is 1.55. The molecule has 0 aromatic carbocycles. The lowest BCUT2D eigenvalue weighted by molar-refractivity contribution is 0.413. The zero-order valence-corrected chi connectivity index (χ0v) is 13.1. The van der Waals surface area contributed by atoms with Crippen molar-refractivity contribution >= 4 is 6.01 Å². The molecule has 0 bridgehead atoms. The van der Waals surface area contributed by atoms with Crippen LogP contribution >= 0.6 is 0 Å². The first-order chi connectivity index (χ1) is 9.74. The van der Waals surface area contributed by atoms with E-state index in [1.54, 1.807) is 0 Å². The molecule has 0 spiro atoms. The lowest BCUT2D eigenvalue weighted by Crippen LogP contribution is -2.24. The van der Waals surface area contributed by atoms with E-state index in [0.717, 1.165) is 32.0 Å². The quantitative estimate of drug-likeness (QED) is 0.867. The average Bonchev–Trinajstić information content (AvgIpc) is 2.83. The number of aromatic nitrogens is 2. The Morgan fingerprint density at radius 3 is 2.90 bits per heavy atom. The van der Waals surface area contributed by atoms with Gasteiger partial charge in [0.15, 0.2) is 0 Å². The summed E-state index contributed by atoms with van der Waals surface area (Å²) in [6.07, 6.45) is 6.16. The number of rotatable bonds is 6. The van der Waals surface area contributed by atoms with Crippen LogP contribution in [0.1, 0.15) is 64.8 Å². The number of nitrogens with zero attached hydrogens (tertiary/aromatic N) is 3. The van der Waals surface area contributed by atoms with E-state index < -0.39 is 0 Å². The fourth-order valence-electron chi connectivity index (χ4n) is 2.74. The second-order valence-electron chi connectivity index (χ2n) is 5.79. The minimum absolute atomic E-state index is 0.131. The third-order valence-electron chi connectivity index (χ3n) is 4.20. The van der Waals surface area contributed by atoms with Gasteiger partial charge in [-0.3, -0.25) is 0 Å². The standard InChI is InChI=1S/C15H28N4O/c1-4-9-16-12(3)14-17-18-15(20-14)19-10-6-7-13(5-2)8-11-19/h12-13,16H,4-11H2,1-3H3. The smallest absolute Gasteiger partial charge is 0.318 e. The van der Waals surface area contributed by atoms with Crippen LogP contribution in [0.2, 0.25) is 0 Å². The lowest BCUT2D eigenvalue weighted by atomic mass is 9.98. The van der Waals surface area contributed by atoms with Crippen LogP contribution in [0.15, 0.2) is 4.42 Å². The van der Waals surface area contributed by atoms with E-state index in [1.165, 1.54) is 25.7 Å². The molecular formula is C15H28N4O. The van der Waals surface area contributed by atoms with Gasteiger partial charge < -0.3 is 14.6 Å². The van der Waals surface area contributed by atoms with Crippen molar-refractivity contribution in [2.45, 2.75) is 58.9 Å². The summed E-state index contributed by atoms with van der Waals surface area (Å²) in [4.78, 5) is 2.25. The zero-order chi connectivity index (χ0) is 14.4. The molecule has 0 aliphatic carbocycles. The van der Waals surface area contributed by atoms with Crippen LogP contribution in [0.3, 0.4) is 0 Å². The molecule has 1 aromatic heterocycles. The molecule has 5 heteroatoms. The zero-order valence-electron chi connectivity index (χ0n) is 13.1. The van der Waals surface area contributed by atoms with Crippen LogP contribution in [0.4, 0.5) is 6.01 Å². The van der Waals surface area contributed by atoms with Gasteiger partial charge in [0.2, 0.25) is 5.89 Å². The Labute approximate surface area is 122 Å². The van der Waals surface area contributed by atoms with E-state index in [9.17, 15) is 0 Å². The summed E-state index contributed by atoms with van der Waals surface area (Å²) in [5, 5.41) is 11.8. The van der Waals surface area contributed by atoms with E-state index in [4.69, 9.17) is 4.42 Å². The van der Waals surface area contributed by atoms with Gasteiger partial charge in [-0.25, -0.2) is 0 Å². The second-order valence-corrected chi connectivity index (χ2v) is 5.79. The van der Waals surface area contributed by atoms with Crippen LogP contribution in [0.5, 0.6) is 0 Å². The average molecular weight is 280 g/mol. The fraction of sp³-hybridized carbons (Fsp3) is 0.867. The maximum Gasteiger partial charge on any atom is 0.318 e. The predicted octanol–water partition coefficient (Wildman–Crippen LogP) is 3.15. The van der Waals surface area contributed by atoms with Gasteiger partial charge in [-0.15, -0.1) is 5.10 Å². The molecule has 5 nitrogen and oxygen atoms in total. The fourth-order valence-corrected chi connectivity index (χ4v) is 2.74. The van der Waals surface area contributed by atoms with E-state index >= 15 is 0 Å². The molecule has 2 atom stereocenters. The number of anilines is 1. The first-order valence-electron chi connectivity index (χ1n) is 8.06. The van der Waals surface area contributed by atoms with Crippen molar-refractivity contribution in [2.24, 2.45) is 5.92 Å². The summed E-state index contributed by atoms with van der Waals surface area (Å²) in [6.45, 7) is 9.56. The van der Waals surface area contributed by atoms with Crippen molar-refractivity contribution in [1.29, 1.82) is 0 Å². The summed E-state index contributed by atoms with van der Waals surface area (Å²) in [5.41, 5.74) is 0. The molecule has 0 radical (unpaired) electrons. The highest BCUT2D eigenvalue weighted by Crippen LogP contribution is 2.24. The highest BCUT2D eigenvalue weighted by atomic mass is 16.4. The molecule has 1 aromatic rings. The molecule has 20 heavy (non-hydrogen) atoms. The Morgan fingerprint density at radius 2 is 2.15 bits per heavy atom. The van der Waals surface area contributed by atoms with Gasteiger partial charge in [0.05, 0.1) is 6.04 Å². The van der Waals surface area contributed by atoms with E-state index in [-0.39, 0.29) is 6.04 Å². The molecule has 1 fully saturated rings. The SMILES string of the molecule is CCCNC(C)c1nnc(N2CCCC(CC)CC2)o1. The molecule has 0 amide bonds. The van der Waals surface area contributed by atoms with Gasteiger partial charge in [0.25, 0.3) is 0 Å². The Hall–Kier alpha value is -1.10.